The number of rotatable bonds is 9. The van der Waals surface area contributed by atoms with E-state index in [2.05, 4.69) is 0 Å². The first kappa shape index (κ1) is 22.9. The predicted molar refractivity (Wildman–Crippen MR) is 113 cm³/mol. The monoisotopic (exact) mass is 442 g/mol. The molecule has 1 aliphatic heterocycles. The molecule has 32 heavy (non-hydrogen) atoms. The molecule has 0 spiro atoms. The van der Waals surface area contributed by atoms with Gasteiger partial charge >= 0.3 is 0 Å². The third kappa shape index (κ3) is 4.46. The van der Waals surface area contributed by atoms with Crippen LogP contribution in [0.15, 0.2) is 54.1 Å². The first-order valence-corrected chi connectivity index (χ1v) is 9.75. The van der Waals surface area contributed by atoms with Crippen LogP contribution in [0.2, 0.25) is 0 Å². The number of non-ortho nitro benzene ring substituents is 1. The van der Waals surface area contributed by atoms with Crippen LogP contribution in [0.4, 0.5) is 5.69 Å². The van der Waals surface area contributed by atoms with Crippen LogP contribution in [0.25, 0.3) is 5.76 Å². The number of Topliss-reactive ketones (excluding diaryl/α,β-unsaturated/α-hetero) is 1. The van der Waals surface area contributed by atoms with Crippen LogP contribution in [0.5, 0.6) is 5.75 Å². The number of methoxy groups -OCH3 is 1. The number of hydrogen-bond acceptors (Lipinski definition) is 8. The summed E-state index contributed by atoms with van der Waals surface area (Å²) in [6, 6.07) is 10.9. The van der Waals surface area contributed by atoms with Crippen molar-refractivity contribution >= 4 is 23.1 Å². The molecule has 1 heterocycles. The number of amides is 1. The van der Waals surface area contributed by atoms with E-state index in [0.29, 0.717) is 11.3 Å². The fraction of sp³-hybridized carbons (Fsp3) is 0.273. The van der Waals surface area contributed by atoms with Crippen molar-refractivity contribution < 1.29 is 34.2 Å². The second-order valence-electron chi connectivity index (χ2n) is 6.87. The van der Waals surface area contributed by atoms with Gasteiger partial charge in [-0.05, 0) is 18.2 Å². The molecule has 3 rings (SSSR count). The number of nitrogens with zero attached hydrogens (tertiary/aromatic N) is 2. The van der Waals surface area contributed by atoms with Crippen molar-refractivity contribution in [3.63, 3.8) is 0 Å². The van der Waals surface area contributed by atoms with Crippen molar-refractivity contribution in [2.75, 3.05) is 33.5 Å². The molecule has 2 aromatic carbocycles. The van der Waals surface area contributed by atoms with Crippen molar-refractivity contribution in [1.82, 2.24) is 4.90 Å². The fourth-order valence-corrected chi connectivity index (χ4v) is 3.55. The Bertz CT molecular complexity index is 1050. The smallest absolute Gasteiger partial charge is 0.295 e. The zero-order chi connectivity index (χ0) is 23.3. The van der Waals surface area contributed by atoms with Gasteiger partial charge in [-0.2, -0.15) is 0 Å². The Balaban J connectivity index is 2.10. The highest BCUT2D eigenvalue weighted by molar-refractivity contribution is 6.46. The van der Waals surface area contributed by atoms with E-state index in [1.807, 2.05) is 0 Å². The third-order valence-corrected chi connectivity index (χ3v) is 5.04. The first-order chi connectivity index (χ1) is 15.4. The van der Waals surface area contributed by atoms with Crippen LogP contribution in [0.3, 0.4) is 0 Å². The molecule has 1 amide bonds. The largest absolute Gasteiger partial charge is 0.507 e. The molecule has 10 heteroatoms. The van der Waals surface area contributed by atoms with Crippen LogP contribution in [-0.2, 0) is 14.3 Å². The highest BCUT2D eigenvalue weighted by atomic mass is 16.6. The minimum atomic E-state index is -0.959. The number of benzene rings is 2. The zero-order valence-corrected chi connectivity index (χ0v) is 17.3. The summed E-state index contributed by atoms with van der Waals surface area (Å²) in [5.74, 6) is -1.75. The second kappa shape index (κ2) is 10.0. The second-order valence-corrected chi connectivity index (χ2v) is 6.87. The normalized spacial score (nSPS) is 17.6. The number of likely N-dealkylation sites (tertiary alicyclic amines) is 1. The summed E-state index contributed by atoms with van der Waals surface area (Å²) in [5, 5.41) is 30.8. The summed E-state index contributed by atoms with van der Waals surface area (Å²) in [6.45, 7) is -0.0118. The minimum absolute atomic E-state index is 0.0321. The highest BCUT2D eigenvalue weighted by Gasteiger charge is 2.46. The number of nitro benzene ring substituents is 1. The number of aliphatic hydroxyl groups excluding tert-OH is 2. The molecule has 1 atom stereocenters. The molecule has 168 valence electrons. The Hall–Kier alpha value is -3.76. The van der Waals surface area contributed by atoms with E-state index in [1.54, 1.807) is 24.3 Å². The van der Waals surface area contributed by atoms with Gasteiger partial charge in [-0.1, -0.05) is 18.2 Å². The quantitative estimate of drug-likeness (QED) is 0.150. The third-order valence-electron chi connectivity index (χ3n) is 5.04. The van der Waals surface area contributed by atoms with E-state index in [9.17, 15) is 24.8 Å². The Kier molecular flexibility index (Phi) is 7.18. The van der Waals surface area contributed by atoms with Crippen molar-refractivity contribution in [2.24, 2.45) is 0 Å². The number of carbonyl (C=O) groups is 2. The lowest BCUT2D eigenvalue weighted by atomic mass is 9.94. The summed E-state index contributed by atoms with van der Waals surface area (Å²) >= 11 is 0. The molecule has 10 nitrogen and oxygen atoms in total. The Morgan fingerprint density at radius 3 is 2.44 bits per heavy atom. The van der Waals surface area contributed by atoms with E-state index >= 15 is 0 Å². The lowest BCUT2D eigenvalue weighted by molar-refractivity contribution is -0.384. The van der Waals surface area contributed by atoms with E-state index in [1.165, 1.54) is 36.3 Å². The maximum atomic E-state index is 12.9. The van der Waals surface area contributed by atoms with Crippen LogP contribution in [0.1, 0.15) is 17.2 Å². The lowest BCUT2D eigenvalue weighted by Gasteiger charge is -2.26. The van der Waals surface area contributed by atoms with Crippen LogP contribution in [0, 0.1) is 10.1 Å². The Morgan fingerprint density at radius 1 is 1.12 bits per heavy atom. The van der Waals surface area contributed by atoms with Gasteiger partial charge in [0.05, 0.1) is 43.5 Å². The lowest BCUT2D eigenvalue weighted by Crippen LogP contribution is -2.33. The van der Waals surface area contributed by atoms with Crippen LogP contribution in [-0.4, -0.2) is 65.2 Å². The van der Waals surface area contributed by atoms with Gasteiger partial charge in [-0.3, -0.25) is 19.7 Å². The summed E-state index contributed by atoms with van der Waals surface area (Å²) in [4.78, 5) is 37.4. The number of ether oxygens (including phenoxy) is 2. The molecular weight excluding hydrogens is 420 g/mol. The van der Waals surface area contributed by atoms with Crippen LogP contribution < -0.4 is 4.74 Å². The minimum Gasteiger partial charge on any atom is -0.507 e. The van der Waals surface area contributed by atoms with Gasteiger partial charge in [0.15, 0.2) is 0 Å². The first-order valence-electron chi connectivity index (χ1n) is 9.75. The summed E-state index contributed by atoms with van der Waals surface area (Å²) < 4.78 is 10.7. The molecule has 0 saturated carbocycles. The highest BCUT2D eigenvalue weighted by Crippen LogP contribution is 2.42. The standard InChI is InChI=1S/C22H22N2O8/c1-31-17-5-3-2-4-16(17)19-18(20(26)14-6-8-15(9-7-14)24(29)30)21(27)22(28)23(19)10-12-32-13-11-25/h2-9,19,25-26H,10-13H2,1H3/b20-18-. The number of ketones is 1. The Labute approximate surface area is 183 Å². The summed E-state index contributed by atoms with van der Waals surface area (Å²) in [6.07, 6.45) is 0. The molecule has 0 aromatic heterocycles. The van der Waals surface area contributed by atoms with Crippen molar-refractivity contribution in [3.05, 3.63) is 75.3 Å². The molecule has 2 N–H and O–H groups in total. The summed E-state index contributed by atoms with van der Waals surface area (Å²) in [7, 11) is 1.45. The fourth-order valence-electron chi connectivity index (χ4n) is 3.55. The van der Waals surface area contributed by atoms with Gasteiger partial charge in [0.25, 0.3) is 17.4 Å². The topological polar surface area (TPSA) is 139 Å². The SMILES string of the molecule is COc1ccccc1C1/C(=C(/O)c2ccc([N+](=O)[O-])cc2)C(=O)C(=O)N1CCOCCO. The number of nitro groups is 1. The molecule has 1 saturated heterocycles. The molecule has 1 aliphatic rings. The van der Waals surface area contributed by atoms with Crippen molar-refractivity contribution in [3.8, 4) is 5.75 Å². The average molecular weight is 442 g/mol. The van der Waals surface area contributed by atoms with E-state index in [0.717, 1.165) is 0 Å². The number of para-hydroxylation sites is 1. The molecule has 1 unspecified atom stereocenters. The van der Waals surface area contributed by atoms with Gasteiger partial charge in [0.2, 0.25) is 0 Å². The van der Waals surface area contributed by atoms with E-state index < -0.39 is 28.4 Å². The maximum Gasteiger partial charge on any atom is 0.295 e. The van der Waals surface area contributed by atoms with Crippen molar-refractivity contribution in [1.29, 1.82) is 0 Å². The Morgan fingerprint density at radius 2 is 1.81 bits per heavy atom. The number of aliphatic hydroxyl groups is 2. The van der Waals surface area contributed by atoms with Gasteiger partial charge in [0.1, 0.15) is 11.5 Å². The average Bonchev–Trinajstić information content (AvgIpc) is 3.06. The molecule has 0 bridgehead atoms. The van der Waals surface area contributed by atoms with Gasteiger partial charge in [-0.25, -0.2) is 0 Å². The molecule has 0 aliphatic carbocycles. The van der Waals surface area contributed by atoms with E-state index in [4.69, 9.17) is 14.6 Å². The molecule has 1 fully saturated rings. The van der Waals surface area contributed by atoms with Gasteiger partial charge in [-0.15, -0.1) is 0 Å². The van der Waals surface area contributed by atoms with Crippen molar-refractivity contribution in [2.45, 2.75) is 6.04 Å². The van der Waals surface area contributed by atoms with Crippen LogP contribution >= 0.6 is 0 Å². The molecular formula is C22H22N2O8. The van der Waals surface area contributed by atoms with Gasteiger partial charge in [0, 0.05) is 29.8 Å². The molecule has 2 aromatic rings. The predicted octanol–water partition coefficient (Wildman–Crippen LogP) is 2.03. The zero-order valence-electron chi connectivity index (χ0n) is 17.3. The maximum absolute atomic E-state index is 12.9. The molecule has 0 radical (unpaired) electrons. The number of carbonyl (C=O) groups excluding carboxylic acids is 2. The van der Waals surface area contributed by atoms with Gasteiger partial charge < -0.3 is 24.6 Å². The summed E-state index contributed by atoms with van der Waals surface area (Å²) in [5.41, 5.74) is 0.310. The van der Waals surface area contributed by atoms with E-state index in [-0.39, 0.29) is 43.2 Å². The number of hydrogen-bond donors (Lipinski definition) is 2.